The maximum atomic E-state index is 5.28. The number of hydrogen-bond acceptors (Lipinski definition) is 3. The Hall–Kier alpha value is -2.16. The number of allylic oxidation sites excluding steroid dienone is 4. The van der Waals surface area contributed by atoms with Crippen LogP contribution in [0.5, 0.6) is 11.5 Å². The van der Waals surface area contributed by atoms with E-state index >= 15 is 0 Å². The molecule has 0 saturated carbocycles. The van der Waals surface area contributed by atoms with Crippen LogP contribution in [0.2, 0.25) is 0 Å². The summed E-state index contributed by atoms with van der Waals surface area (Å²) in [6, 6.07) is 5.84. The molecular formula is C16H21NO2. The minimum Gasteiger partial charge on any atom is -0.493 e. The lowest BCUT2D eigenvalue weighted by atomic mass is 10.1. The van der Waals surface area contributed by atoms with E-state index in [0.717, 1.165) is 22.6 Å². The summed E-state index contributed by atoms with van der Waals surface area (Å²) in [5.74, 6) is 1.47. The summed E-state index contributed by atoms with van der Waals surface area (Å²) < 4.78 is 10.5. The van der Waals surface area contributed by atoms with Crippen molar-refractivity contribution in [1.82, 2.24) is 5.32 Å². The summed E-state index contributed by atoms with van der Waals surface area (Å²) in [6.45, 7) is 2.01. The zero-order chi connectivity index (χ0) is 14.1. The molecule has 0 amide bonds. The molecule has 102 valence electrons. The molecule has 1 aromatic rings. The van der Waals surface area contributed by atoms with Crippen LogP contribution in [0.15, 0.2) is 48.2 Å². The molecule has 3 heteroatoms. The zero-order valence-electron chi connectivity index (χ0n) is 11.9. The lowest BCUT2D eigenvalue weighted by molar-refractivity contribution is 0.355. The standard InChI is InChI=1S/C16H21NO2/c1-5-13(10-11-17-2)6-7-14-8-9-15(18-3)16(12-14)19-4/h5-12,17H,1-4H3/b7-6+,11-10-,13-5-. The lowest BCUT2D eigenvalue weighted by Gasteiger charge is -2.07. The molecule has 0 aliphatic rings. The summed E-state index contributed by atoms with van der Waals surface area (Å²) in [5.41, 5.74) is 2.19. The molecule has 0 saturated heterocycles. The minimum atomic E-state index is 0.734. The van der Waals surface area contributed by atoms with Gasteiger partial charge in [-0.2, -0.15) is 0 Å². The molecule has 3 nitrogen and oxygen atoms in total. The van der Waals surface area contributed by atoms with Gasteiger partial charge in [0.2, 0.25) is 0 Å². The Kier molecular flexibility index (Phi) is 6.30. The predicted molar refractivity (Wildman–Crippen MR) is 80.5 cm³/mol. The van der Waals surface area contributed by atoms with Gasteiger partial charge < -0.3 is 14.8 Å². The molecule has 0 fully saturated rings. The normalized spacial score (nSPS) is 12.1. The molecule has 1 aromatic carbocycles. The van der Waals surface area contributed by atoms with E-state index in [2.05, 4.69) is 11.4 Å². The highest BCUT2D eigenvalue weighted by atomic mass is 16.5. The molecule has 19 heavy (non-hydrogen) atoms. The van der Waals surface area contributed by atoms with Crippen LogP contribution in [0.25, 0.3) is 6.08 Å². The van der Waals surface area contributed by atoms with Crippen LogP contribution in [0.1, 0.15) is 12.5 Å². The number of ether oxygens (including phenoxy) is 2. The summed E-state index contributed by atoms with van der Waals surface area (Å²) in [6.07, 6.45) is 10.0. The van der Waals surface area contributed by atoms with Crippen LogP contribution in [0.4, 0.5) is 0 Å². The summed E-state index contributed by atoms with van der Waals surface area (Å²) in [7, 11) is 5.15. The van der Waals surface area contributed by atoms with Gasteiger partial charge in [-0.25, -0.2) is 0 Å². The summed E-state index contributed by atoms with van der Waals surface area (Å²) in [4.78, 5) is 0. The first-order valence-corrected chi connectivity index (χ1v) is 6.15. The van der Waals surface area contributed by atoms with Crippen LogP contribution in [0, 0.1) is 0 Å². The fraction of sp³-hybridized carbons (Fsp3) is 0.250. The van der Waals surface area contributed by atoms with Gasteiger partial charge in [-0.05, 0) is 42.5 Å². The molecule has 0 heterocycles. The van der Waals surface area contributed by atoms with Crippen molar-refractivity contribution >= 4 is 6.08 Å². The molecule has 0 atom stereocenters. The molecule has 0 aliphatic carbocycles. The fourth-order valence-electron chi connectivity index (χ4n) is 1.58. The van der Waals surface area contributed by atoms with E-state index in [-0.39, 0.29) is 0 Å². The number of rotatable bonds is 6. The fourth-order valence-corrected chi connectivity index (χ4v) is 1.58. The van der Waals surface area contributed by atoms with Gasteiger partial charge in [0.05, 0.1) is 14.2 Å². The SMILES string of the molecule is C/C=C(\C=C/NC)/C=C/c1ccc(OC)c(OC)c1. The highest BCUT2D eigenvalue weighted by Crippen LogP contribution is 2.28. The van der Waals surface area contributed by atoms with Crippen LogP contribution >= 0.6 is 0 Å². The Morgan fingerprint density at radius 1 is 1.11 bits per heavy atom. The summed E-state index contributed by atoms with van der Waals surface area (Å²) >= 11 is 0. The highest BCUT2D eigenvalue weighted by molar-refractivity contribution is 5.59. The summed E-state index contributed by atoms with van der Waals surface area (Å²) in [5, 5.41) is 2.97. The maximum Gasteiger partial charge on any atom is 0.161 e. The van der Waals surface area contributed by atoms with E-state index in [9.17, 15) is 0 Å². The third-order valence-electron chi connectivity index (χ3n) is 2.65. The number of nitrogens with one attached hydrogen (secondary N) is 1. The average Bonchev–Trinajstić information content (AvgIpc) is 2.47. The van der Waals surface area contributed by atoms with E-state index in [0.29, 0.717) is 0 Å². The molecule has 1 rings (SSSR count). The van der Waals surface area contributed by atoms with Gasteiger partial charge in [-0.1, -0.05) is 24.3 Å². The van der Waals surface area contributed by atoms with E-state index in [1.807, 2.05) is 56.6 Å². The van der Waals surface area contributed by atoms with Crippen molar-refractivity contribution in [1.29, 1.82) is 0 Å². The van der Waals surface area contributed by atoms with Gasteiger partial charge in [0, 0.05) is 7.05 Å². The van der Waals surface area contributed by atoms with Crippen LogP contribution < -0.4 is 14.8 Å². The highest BCUT2D eigenvalue weighted by Gasteiger charge is 2.02. The average molecular weight is 259 g/mol. The van der Waals surface area contributed by atoms with Gasteiger partial charge in [-0.15, -0.1) is 0 Å². The largest absolute Gasteiger partial charge is 0.493 e. The number of methoxy groups -OCH3 is 2. The van der Waals surface area contributed by atoms with Crippen molar-refractivity contribution < 1.29 is 9.47 Å². The minimum absolute atomic E-state index is 0.734. The molecule has 0 bridgehead atoms. The van der Waals surface area contributed by atoms with Gasteiger partial charge in [0.15, 0.2) is 11.5 Å². The Morgan fingerprint density at radius 3 is 2.42 bits per heavy atom. The van der Waals surface area contributed by atoms with Crippen LogP contribution in [-0.4, -0.2) is 21.3 Å². The molecule has 1 N–H and O–H groups in total. The monoisotopic (exact) mass is 259 g/mol. The molecule has 0 spiro atoms. The number of hydrogen-bond donors (Lipinski definition) is 1. The van der Waals surface area contributed by atoms with E-state index in [1.54, 1.807) is 14.2 Å². The predicted octanol–water partition coefficient (Wildman–Crippen LogP) is 3.40. The first-order valence-electron chi connectivity index (χ1n) is 6.15. The number of benzene rings is 1. The quantitative estimate of drug-likeness (QED) is 0.794. The second kappa shape index (κ2) is 8.03. The van der Waals surface area contributed by atoms with Gasteiger partial charge in [0.1, 0.15) is 0 Å². The Morgan fingerprint density at radius 2 is 1.84 bits per heavy atom. The van der Waals surface area contributed by atoms with E-state index in [1.165, 1.54) is 0 Å². The van der Waals surface area contributed by atoms with Crippen LogP contribution in [0.3, 0.4) is 0 Å². The van der Waals surface area contributed by atoms with Gasteiger partial charge in [0.25, 0.3) is 0 Å². The first kappa shape index (κ1) is 14.9. The smallest absolute Gasteiger partial charge is 0.161 e. The third kappa shape index (κ3) is 4.54. The Labute approximate surface area is 115 Å². The van der Waals surface area contributed by atoms with Crippen molar-refractivity contribution in [3.05, 3.63) is 53.8 Å². The molecule has 0 radical (unpaired) electrons. The van der Waals surface area contributed by atoms with Crippen molar-refractivity contribution in [2.75, 3.05) is 21.3 Å². The van der Waals surface area contributed by atoms with E-state index < -0.39 is 0 Å². The lowest BCUT2D eigenvalue weighted by Crippen LogP contribution is -1.91. The molecule has 0 aromatic heterocycles. The maximum absolute atomic E-state index is 5.28. The molecular weight excluding hydrogens is 238 g/mol. The van der Waals surface area contributed by atoms with Crippen LogP contribution in [-0.2, 0) is 0 Å². The third-order valence-corrected chi connectivity index (χ3v) is 2.65. The van der Waals surface area contributed by atoms with Crippen molar-refractivity contribution in [3.63, 3.8) is 0 Å². The van der Waals surface area contributed by atoms with E-state index in [4.69, 9.17) is 9.47 Å². The van der Waals surface area contributed by atoms with Gasteiger partial charge in [-0.3, -0.25) is 0 Å². The first-order chi connectivity index (χ1) is 9.24. The second-order valence-electron chi connectivity index (χ2n) is 3.86. The van der Waals surface area contributed by atoms with Crippen molar-refractivity contribution in [2.24, 2.45) is 0 Å². The Balaban J connectivity index is 2.90. The second-order valence-corrected chi connectivity index (χ2v) is 3.86. The molecule has 0 unspecified atom stereocenters. The van der Waals surface area contributed by atoms with Gasteiger partial charge >= 0.3 is 0 Å². The zero-order valence-corrected chi connectivity index (χ0v) is 11.9. The Bertz CT molecular complexity index is 488. The topological polar surface area (TPSA) is 30.5 Å². The van der Waals surface area contributed by atoms with Crippen molar-refractivity contribution in [2.45, 2.75) is 6.92 Å². The van der Waals surface area contributed by atoms with Crippen molar-refractivity contribution in [3.8, 4) is 11.5 Å². The molecule has 0 aliphatic heterocycles.